The molecule has 10 heteroatoms. The number of thiazole rings is 1. The molecule has 2 aromatic heterocycles. The number of furan rings is 1. The molecule has 0 atom stereocenters. The zero-order chi connectivity index (χ0) is 25.3. The number of methoxy groups -OCH3 is 1. The van der Waals surface area contributed by atoms with Crippen LogP contribution in [-0.2, 0) is 21.4 Å². The average molecular weight is 526 g/mol. The van der Waals surface area contributed by atoms with Crippen molar-refractivity contribution < 1.29 is 22.4 Å². The van der Waals surface area contributed by atoms with Gasteiger partial charge in [0.05, 0.1) is 35.0 Å². The molecule has 188 valence electrons. The van der Waals surface area contributed by atoms with Gasteiger partial charge < -0.3 is 9.15 Å². The number of carbonyl (C=O) groups excluding carboxylic acids is 1. The highest BCUT2D eigenvalue weighted by molar-refractivity contribution is 7.89. The van der Waals surface area contributed by atoms with Crippen LogP contribution in [0.1, 0.15) is 24.2 Å². The van der Waals surface area contributed by atoms with E-state index in [1.165, 1.54) is 15.6 Å². The van der Waals surface area contributed by atoms with Gasteiger partial charge in [0, 0.05) is 25.1 Å². The molecule has 0 aliphatic carbocycles. The molecule has 8 nitrogen and oxygen atoms in total. The maximum absolute atomic E-state index is 13.7. The summed E-state index contributed by atoms with van der Waals surface area (Å²) in [5, 5.41) is 0.578. The topological polar surface area (TPSA) is 93.0 Å². The van der Waals surface area contributed by atoms with Crippen molar-refractivity contribution in [1.29, 1.82) is 0 Å². The second-order valence-corrected chi connectivity index (χ2v) is 11.8. The van der Waals surface area contributed by atoms with E-state index in [4.69, 9.17) is 14.1 Å². The molecule has 4 aromatic rings. The van der Waals surface area contributed by atoms with Crippen molar-refractivity contribution >= 4 is 42.6 Å². The fourth-order valence-corrected chi connectivity index (χ4v) is 6.78. The predicted octanol–water partition coefficient (Wildman–Crippen LogP) is 4.84. The zero-order valence-electron chi connectivity index (χ0n) is 20.1. The van der Waals surface area contributed by atoms with E-state index in [-0.39, 0.29) is 36.4 Å². The second kappa shape index (κ2) is 10.0. The smallest absolute Gasteiger partial charge is 0.243 e. The first-order valence-electron chi connectivity index (χ1n) is 11.7. The molecule has 1 aliphatic rings. The summed E-state index contributed by atoms with van der Waals surface area (Å²) in [6.45, 7) is 2.76. The summed E-state index contributed by atoms with van der Waals surface area (Å²) in [6, 6.07) is 16.1. The van der Waals surface area contributed by atoms with Crippen LogP contribution in [0.3, 0.4) is 0 Å². The molecule has 0 radical (unpaired) electrons. The Kier molecular flexibility index (Phi) is 6.83. The standard InChI is InChI=1S/C26H27N3O5S2/c1-18-5-8-22(9-6-18)36(31,32)28-13-11-19(12-14-28)25(30)29(17-21-4-3-15-34-21)26-27-23-16-20(33-2)7-10-24(23)35-26/h3-10,15-16,19H,11-14,17H2,1-2H3. The van der Waals surface area contributed by atoms with Crippen molar-refractivity contribution in [1.82, 2.24) is 9.29 Å². The van der Waals surface area contributed by atoms with E-state index >= 15 is 0 Å². The number of nitrogens with zero attached hydrogens (tertiary/aromatic N) is 3. The van der Waals surface area contributed by atoms with E-state index < -0.39 is 10.0 Å². The Bertz CT molecular complexity index is 1460. The van der Waals surface area contributed by atoms with Crippen LogP contribution in [0.5, 0.6) is 5.75 Å². The van der Waals surface area contributed by atoms with Gasteiger partial charge in [-0.05, 0) is 56.2 Å². The van der Waals surface area contributed by atoms with E-state index in [2.05, 4.69) is 0 Å². The zero-order valence-corrected chi connectivity index (χ0v) is 21.7. The SMILES string of the molecule is COc1ccc2sc(N(Cc3ccco3)C(=O)C3CCN(S(=O)(=O)c4ccc(C)cc4)CC3)nc2c1. The van der Waals surface area contributed by atoms with Crippen molar-refractivity contribution in [2.45, 2.75) is 31.2 Å². The number of sulfonamides is 1. The lowest BCUT2D eigenvalue weighted by Gasteiger charge is -2.32. The number of aryl methyl sites for hydroxylation is 1. The van der Waals surface area contributed by atoms with E-state index in [0.29, 0.717) is 29.5 Å². The number of fused-ring (bicyclic) bond motifs is 1. The lowest BCUT2D eigenvalue weighted by atomic mass is 9.96. The third-order valence-corrected chi connectivity index (χ3v) is 9.41. The summed E-state index contributed by atoms with van der Waals surface area (Å²) in [5.74, 6) is 0.959. The fraction of sp³-hybridized carbons (Fsp3) is 0.308. The van der Waals surface area contributed by atoms with Crippen LogP contribution < -0.4 is 9.64 Å². The van der Waals surface area contributed by atoms with Gasteiger partial charge in [-0.3, -0.25) is 9.69 Å². The Morgan fingerprint density at radius 1 is 1.17 bits per heavy atom. The Labute approximate surface area is 214 Å². The monoisotopic (exact) mass is 525 g/mol. The minimum atomic E-state index is -3.59. The molecular formula is C26H27N3O5S2. The molecule has 0 saturated carbocycles. The number of carbonyl (C=O) groups is 1. The van der Waals surface area contributed by atoms with Crippen molar-refractivity contribution in [2.24, 2.45) is 5.92 Å². The first-order chi connectivity index (χ1) is 17.3. The third-order valence-electron chi connectivity index (χ3n) is 6.44. The first-order valence-corrected chi connectivity index (χ1v) is 14.0. The lowest BCUT2D eigenvalue weighted by Crippen LogP contribution is -2.44. The minimum absolute atomic E-state index is 0.0789. The minimum Gasteiger partial charge on any atom is -0.497 e. The number of rotatable bonds is 7. The van der Waals surface area contributed by atoms with E-state index in [0.717, 1.165) is 15.8 Å². The normalized spacial score (nSPS) is 15.3. The van der Waals surface area contributed by atoms with Crippen LogP contribution in [-0.4, -0.2) is 43.8 Å². The number of hydrogen-bond acceptors (Lipinski definition) is 7. The van der Waals surface area contributed by atoms with Crippen LogP contribution in [0.4, 0.5) is 5.13 Å². The van der Waals surface area contributed by atoms with Crippen molar-refractivity contribution in [2.75, 3.05) is 25.1 Å². The van der Waals surface area contributed by atoms with Crippen molar-refractivity contribution in [3.63, 3.8) is 0 Å². The predicted molar refractivity (Wildman–Crippen MR) is 139 cm³/mol. The number of ether oxygens (including phenoxy) is 1. The van der Waals surface area contributed by atoms with Crippen LogP contribution in [0, 0.1) is 12.8 Å². The number of anilines is 1. The molecule has 1 amide bonds. The number of amides is 1. The molecule has 0 spiro atoms. The van der Waals surface area contributed by atoms with Crippen LogP contribution in [0.15, 0.2) is 70.2 Å². The molecule has 5 rings (SSSR count). The van der Waals surface area contributed by atoms with Gasteiger partial charge >= 0.3 is 0 Å². The van der Waals surface area contributed by atoms with Gasteiger partial charge in [-0.15, -0.1) is 0 Å². The Morgan fingerprint density at radius 2 is 1.92 bits per heavy atom. The highest BCUT2D eigenvalue weighted by Crippen LogP contribution is 2.34. The van der Waals surface area contributed by atoms with Crippen LogP contribution >= 0.6 is 11.3 Å². The average Bonchev–Trinajstić information content (AvgIpc) is 3.56. The lowest BCUT2D eigenvalue weighted by molar-refractivity contribution is -0.123. The molecule has 1 saturated heterocycles. The fourth-order valence-electron chi connectivity index (χ4n) is 4.36. The van der Waals surface area contributed by atoms with Gasteiger partial charge in [-0.1, -0.05) is 29.0 Å². The molecule has 3 heterocycles. The number of benzene rings is 2. The van der Waals surface area contributed by atoms with Gasteiger partial charge in [-0.25, -0.2) is 13.4 Å². The molecule has 0 unspecified atom stereocenters. The summed E-state index contributed by atoms with van der Waals surface area (Å²) in [6.07, 6.45) is 2.46. The molecule has 1 fully saturated rings. The van der Waals surface area contributed by atoms with Crippen molar-refractivity contribution in [3.8, 4) is 5.75 Å². The van der Waals surface area contributed by atoms with Crippen LogP contribution in [0.2, 0.25) is 0 Å². The quantitative estimate of drug-likeness (QED) is 0.343. The summed E-state index contributed by atoms with van der Waals surface area (Å²) in [4.78, 5) is 20.4. The van der Waals surface area contributed by atoms with E-state index in [1.807, 2.05) is 31.2 Å². The Morgan fingerprint density at radius 3 is 2.58 bits per heavy atom. The van der Waals surface area contributed by atoms with Gasteiger partial charge in [-0.2, -0.15) is 4.31 Å². The molecule has 2 aromatic carbocycles. The highest BCUT2D eigenvalue weighted by atomic mass is 32.2. The van der Waals surface area contributed by atoms with Gasteiger partial charge in [0.15, 0.2) is 5.13 Å². The Hall–Kier alpha value is -3.21. The molecule has 1 aliphatic heterocycles. The molecule has 0 bridgehead atoms. The third kappa shape index (κ3) is 4.88. The highest BCUT2D eigenvalue weighted by Gasteiger charge is 2.35. The molecule has 36 heavy (non-hydrogen) atoms. The summed E-state index contributed by atoms with van der Waals surface area (Å²) < 4.78 is 39.4. The van der Waals surface area contributed by atoms with E-state index in [9.17, 15) is 13.2 Å². The number of piperidine rings is 1. The van der Waals surface area contributed by atoms with Gasteiger partial charge in [0.25, 0.3) is 0 Å². The van der Waals surface area contributed by atoms with Crippen LogP contribution in [0.25, 0.3) is 10.2 Å². The number of aromatic nitrogens is 1. The van der Waals surface area contributed by atoms with Gasteiger partial charge in [0.1, 0.15) is 11.5 Å². The summed E-state index contributed by atoms with van der Waals surface area (Å²) >= 11 is 1.43. The van der Waals surface area contributed by atoms with Gasteiger partial charge in [0.2, 0.25) is 15.9 Å². The number of hydrogen-bond donors (Lipinski definition) is 0. The second-order valence-electron chi connectivity index (χ2n) is 8.83. The summed E-state index contributed by atoms with van der Waals surface area (Å²) in [7, 11) is -1.99. The largest absolute Gasteiger partial charge is 0.497 e. The maximum atomic E-state index is 13.7. The Balaban J connectivity index is 1.36. The maximum Gasteiger partial charge on any atom is 0.243 e. The molecule has 0 N–H and O–H groups in total. The first kappa shape index (κ1) is 24.5. The van der Waals surface area contributed by atoms with E-state index in [1.54, 1.807) is 48.6 Å². The summed E-state index contributed by atoms with van der Waals surface area (Å²) in [5.41, 5.74) is 1.76. The molecular weight excluding hydrogens is 498 g/mol. The van der Waals surface area contributed by atoms with Crippen molar-refractivity contribution in [3.05, 3.63) is 72.2 Å².